The molecule has 0 N–H and O–H groups in total. The summed E-state index contributed by atoms with van der Waals surface area (Å²) in [4.78, 5) is 45.8. The smallest absolute Gasteiger partial charge is 0.257 e. The van der Waals surface area contributed by atoms with Crippen LogP contribution in [0, 0.1) is 0 Å². The second-order valence-corrected chi connectivity index (χ2v) is 10.4. The predicted molar refractivity (Wildman–Crippen MR) is 141 cm³/mol. The number of rotatable bonds is 4. The van der Waals surface area contributed by atoms with E-state index in [4.69, 9.17) is 37.4 Å². The summed E-state index contributed by atoms with van der Waals surface area (Å²) in [5, 5.41) is 0.687. The summed E-state index contributed by atoms with van der Waals surface area (Å²) in [6, 6.07) is 10.9. The molecular formula is C27H29Cl2N3O6. The highest BCUT2D eigenvalue weighted by Crippen LogP contribution is 2.39. The Labute approximate surface area is 231 Å². The van der Waals surface area contributed by atoms with E-state index in [0.717, 1.165) is 0 Å². The highest BCUT2D eigenvalue weighted by Gasteiger charge is 2.55. The molecule has 5 rings (SSSR count). The highest BCUT2D eigenvalue weighted by atomic mass is 35.5. The first-order valence-corrected chi connectivity index (χ1v) is 13.3. The molecule has 3 saturated heterocycles. The van der Waals surface area contributed by atoms with E-state index in [1.807, 2.05) is 0 Å². The quantitative estimate of drug-likeness (QED) is 0.568. The molecule has 38 heavy (non-hydrogen) atoms. The summed E-state index contributed by atoms with van der Waals surface area (Å²) >= 11 is 12.1. The number of carbonyl (C=O) groups is 3. The van der Waals surface area contributed by atoms with Gasteiger partial charge in [0, 0.05) is 50.1 Å². The number of hydrogen-bond acceptors (Lipinski definition) is 6. The van der Waals surface area contributed by atoms with Crippen LogP contribution in [-0.2, 0) is 14.3 Å². The normalized spacial score (nSPS) is 21.0. The molecule has 0 aromatic heterocycles. The van der Waals surface area contributed by atoms with Crippen molar-refractivity contribution < 1.29 is 28.6 Å². The first kappa shape index (κ1) is 26.7. The van der Waals surface area contributed by atoms with Crippen LogP contribution in [0.5, 0.6) is 5.75 Å². The lowest BCUT2D eigenvalue weighted by molar-refractivity contribution is -0.141. The maximum Gasteiger partial charge on any atom is 0.257 e. The third-order valence-electron chi connectivity index (χ3n) is 7.40. The van der Waals surface area contributed by atoms with Crippen LogP contribution >= 0.6 is 23.2 Å². The molecule has 3 aliphatic rings. The van der Waals surface area contributed by atoms with Crippen molar-refractivity contribution >= 4 is 40.9 Å². The Bertz CT molecular complexity index is 1230. The molecule has 0 unspecified atom stereocenters. The molecular weight excluding hydrogens is 533 g/mol. The van der Waals surface area contributed by atoms with E-state index >= 15 is 0 Å². The van der Waals surface area contributed by atoms with Gasteiger partial charge < -0.3 is 24.0 Å². The van der Waals surface area contributed by atoms with Crippen LogP contribution in [0.2, 0.25) is 10.0 Å². The second-order valence-electron chi connectivity index (χ2n) is 9.54. The van der Waals surface area contributed by atoms with Crippen molar-refractivity contribution in [2.24, 2.45) is 0 Å². The molecule has 3 amide bonds. The topological polar surface area (TPSA) is 88.6 Å². The van der Waals surface area contributed by atoms with Gasteiger partial charge in [0.25, 0.3) is 11.8 Å². The predicted octanol–water partition coefficient (Wildman–Crippen LogP) is 3.33. The Hall–Kier alpha value is -2.85. The fourth-order valence-electron chi connectivity index (χ4n) is 5.32. The number of nitrogens with zero attached hydrogens (tertiary/aromatic N) is 3. The van der Waals surface area contributed by atoms with Gasteiger partial charge in [-0.15, -0.1) is 0 Å². The molecule has 0 saturated carbocycles. The van der Waals surface area contributed by atoms with Crippen LogP contribution in [0.15, 0.2) is 42.5 Å². The molecule has 0 bridgehead atoms. The Morgan fingerprint density at radius 1 is 0.895 bits per heavy atom. The van der Waals surface area contributed by atoms with E-state index < -0.39 is 11.8 Å². The van der Waals surface area contributed by atoms with Gasteiger partial charge >= 0.3 is 0 Å². The summed E-state index contributed by atoms with van der Waals surface area (Å²) in [6.45, 7) is 2.64. The van der Waals surface area contributed by atoms with Gasteiger partial charge in [-0.25, -0.2) is 0 Å². The fraction of sp³-hybridized carbons (Fsp3) is 0.444. The number of carbonyl (C=O) groups excluding carboxylic acids is 3. The zero-order valence-corrected chi connectivity index (χ0v) is 22.5. The van der Waals surface area contributed by atoms with Crippen molar-refractivity contribution in [2.45, 2.75) is 24.6 Å². The molecule has 0 aliphatic carbocycles. The summed E-state index contributed by atoms with van der Waals surface area (Å²) in [5.74, 6) is -0.0980. The SMILES string of the molecule is COc1cccc(C(=O)N2[C@@H](C(=O)N3CCOCC3)COC23CCN(C(=O)c2ccc(Cl)c(Cl)c2)CC3)c1. The van der Waals surface area contributed by atoms with Gasteiger partial charge in [-0.05, 0) is 36.4 Å². The van der Waals surface area contributed by atoms with Crippen molar-refractivity contribution in [1.29, 1.82) is 0 Å². The lowest BCUT2D eigenvalue weighted by atomic mass is 9.96. The molecule has 2 aromatic rings. The van der Waals surface area contributed by atoms with Gasteiger partial charge in [0.05, 0.1) is 37.0 Å². The third kappa shape index (κ3) is 5.08. The average molecular weight is 562 g/mol. The zero-order chi connectivity index (χ0) is 26.9. The summed E-state index contributed by atoms with van der Waals surface area (Å²) in [6.07, 6.45) is 0.728. The van der Waals surface area contributed by atoms with Crippen LogP contribution in [0.3, 0.4) is 0 Å². The number of benzene rings is 2. The largest absolute Gasteiger partial charge is 0.497 e. The molecule has 0 radical (unpaired) electrons. The van der Waals surface area contributed by atoms with Crippen molar-refractivity contribution in [2.75, 3.05) is 53.1 Å². The molecule has 9 nitrogen and oxygen atoms in total. The molecule has 202 valence electrons. The molecule has 2 aromatic carbocycles. The molecule has 3 fully saturated rings. The number of methoxy groups -OCH3 is 1. The third-order valence-corrected chi connectivity index (χ3v) is 8.14. The average Bonchev–Trinajstić information content (AvgIpc) is 3.32. The molecule has 1 atom stereocenters. The Morgan fingerprint density at radius 2 is 1.61 bits per heavy atom. The Morgan fingerprint density at radius 3 is 2.29 bits per heavy atom. The first-order chi connectivity index (χ1) is 18.3. The highest BCUT2D eigenvalue weighted by molar-refractivity contribution is 6.42. The second kappa shape index (κ2) is 11.1. The first-order valence-electron chi connectivity index (χ1n) is 12.6. The number of ether oxygens (including phenoxy) is 3. The Balaban J connectivity index is 1.40. The van der Waals surface area contributed by atoms with Crippen molar-refractivity contribution in [3.8, 4) is 5.75 Å². The monoisotopic (exact) mass is 561 g/mol. The van der Waals surface area contributed by atoms with Gasteiger partial charge in [0.1, 0.15) is 17.5 Å². The van der Waals surface area contributed by atoms with Crippen molar-refractivity contribution in [3.05, 3.63) is 63.6 Å². The Kier molecular flexibility index (Phi) is 7.81. The van der Waals surface area contributed by atoms with Gasteiger partial charge in [-0.3, -0.25) is 19.3 Å². The summed E-state index contributed by atoms with van der Waals surface area (Å²) in [7, 11) is 1.54. The standard InChI is InChI=1S/C27H29Cl2N3O6/c1-36-20-4-2-3-18(15-20)25(34)32-23(26(35)31-11-13-37-14-12-31)17-38-27(32)7-9-30(10-8-27)24(33)19-5-6-21(28)22(29)16-19/h2-6,15-16,23H,7-14,17H2,1H3/t23-/m1/s1. The van der Waals surface area contributed by atoms with E-state index in [-0.39, 0.29) is 24.3 Å². The lowest BCUT2D eigenvalue weighted by Crippen LogP contribution is -2.60. The molecule has 11 heteroatoms. The van der Waals surface area contributed by atoms with Crippen LogP contribution < -0.4 is 4.74 Å². The van der Waals surface area contributed by atoms with Crippen molar-refractivity contribution in [3.63, 3.8) is 0 Å². The molecule has 3 aliphatic heterocycles. The maximum atomic E-state index is 14.0. The van der Waals surface area contributed by atoms with E-state index in [9.17, 15) is 14.4 Å². The lowest BCUT2D eigenvalue weighted by Gasteiger charge is -2.45. The van der Waals surface area contributed by atoms with E-state index in [1.165, 1.54) is 7.11 Å². The van der Waals surface area contributed by atoms with Gasteiger partial charge in [0.15, 0.2) is 0 Å². The minimum Gasteiger partial charge on any atom is -0.497 e. The number of likely N-dealkylation sites (tertiary alicyclic amines) is 1. The molecule has 1 spiro atoms. The van der Waals surface area contributed by atoms with E-state index in [2.05, 4.69) is 0 Å². The van der Waals surface area contributed by atoms with Gasteiger partial charge in [-0.2, -0.15) is 0 Å². The number of amides is 3. The zero-order valence-electron chi connectivity index (χ0n) is 21.0. The molecule has 3 heterocycles. The number of halogens is 2. The van der Waals surface area contributed by atoms with Crippen LogP contribution in [0.1, 0.15) is 33.6 Å². The van der Waals surface area contributed by atoms with Crippen LogP contribution in [0.25, 0.3) is 0 Å². The number of morpholine rings is 1. The van der Waals surface area contributed by atoms with Crippen LogP contribution in [0.4, 0.5) is 0 Å². The van der Waals surface area contributed by atoms with Gasteiger partial charge in [-0.1, -0.05) is 29.3 Å². The minimum atomic E-state index is -1.01. The van der Waals surface area contributed by atoms with Gasteiger partial charge in [0.2, 0.25) is 5.91 Å². The summed E-state index contributed by atoms with van der Waals surface area (Å²) in [5.41, 5.74) is -0.169. The number of piperidine rings is 1. The van der Waals surface area contributed by atoms with Crippen LogP contribution in [-0.4, -0.2) is 97.3 Å². The fourth-order valence-corrected chi connectivity index (χ4v) is 5.61. The maximum absolute atomic E-state index is 14.0. The summed E-state index contributed by atoms with van der Waals surface area (Å²) < 4.78 is 17.0. The number of hydrogen-bond donors (Lipinski definition) is 0. The van der Waals surface area contributed by atoms with E-state index in [1.54, 1.807) is 57.2 Å². The van der Waals surface area contributed by atoms with Crippen molar-refractivity contribution in [1.82, 2.24) is 14.7 Å². The minimum absolute atomic E-state index is 0.0899. The van der Waals surface area contributed by atoms with E-state index in [0.29, 0.717) is 79.2 Å².